The molecular formula is C11H12N4O3S. The fraction of sp³-hybridized carbons (Fsp3) is 0.182. The summed E-state index contributed by atoms with van der Waals surface area (Å²) in [5.74, 6) is 0.563. The summed E-state index contributed by atoms with van der Waals surface area (Å²) in [6.45, 7) is 0. The molecule has 0 saturated heterocycles. The maximum absolute atomic E-state index is 11.1. The third-order valence-corrected chi connectivity index (χ3v) is 3.00. The average Bonchev–Trinajstić information content (AvgIpc) is 2.87. The molecule has 0 fully saturated rings. The molecule has 0 atom stereocenters. The molecule has 2 rings (SSSR count). The summed E-state index contributed by atoms with van der Waals surface area (Å²) < 4.78 is 14.0. The number of rotatable bonds is 5. The van der Waals surface area contributed by atoms with Gasteiger partial charge in [-0.05, 0) is 12.1 Å². The Balaban J connectivity index is 2.28. The number of aromatic nitrogens is 2. The van der Waals surface area contributed by atoms with Crippen molar-refractivity contribution in [2.45, 2.75) is 0 Å². The Morgan fingerprint density at radius 1 is 1.32 bits per heavy atom. The second-order valence-corrected chi connectivity index (χ2v) is 4.26. The van der Waals surface area contributed by atoms with E-state index in [0.29, 0.717) is 22.2 Å². The number of primary amides is 1. The number of nitrogens with zero attached hydrogens (tertiary/aromatic N) is 2. The quantitative estimate of drug-likeness (QED) is 0.858. The number of nitrogens with two attached hydrogens (primary N) is 1. The molecule has 0 bridgehead atoms. The van der Waals surface area contributed by atoms with Crippen LogP contribution in [0.5, 0.6) is 11.5 Å². The molecule has 1 aromatic heterocycles. The fourth-order valence-electron chi connectivity index (χ4n) is 1.48. The molecule has 0 unspecified atom stereocenters. The van der Waals surface area contributed by atoms with Crippen LogP contribution in [0.1, 0.15) is 10.5 Å². The maximum Gasteiger partial charge on any atom is 0.272 e. The number of nitrogens with one attached hydrogen (secondary N) is 1. The van der Waals surface area contributed by atoms with Crippen LogP contribution in [-0.2, 0) is 0 Å². The van der Waals surface area contributed by atoms with Crippen LogP contribution in [0.25, 0.3) is 0 Å². The second kappa shape index (κ2) is 5.53. The number of methoxy groups -OCH3 is 2. The van der Waals surface area contributed by atoms with E-state index in [9.17, 15) is 4.79 Å². The predicted octanol–water partition coefficient (Wildman–Crippen LogP) is 1.40. The summed E-state index contributed by atoms with van der Waals surface area (Å²) in [7, 11) is 3.11. The molecule has 0 saturated carbocycles. The van der Waals surface area contributed by atoms with Crippen molar-refractivity contribution in [1.29, 1.82) is 0 Å². The molecule has 1 heterocycles. The summed E-state index contributed by atoms with van der Waals surface area (Å²) in [4.78, 5) is 11.1. The molecule has 3 N–H and O–H groups in total. The zero-order valence-corrected chi connectivity index (χ0v) is 11.2. The number of ether oxygens (including phenoxy) is 2. The first-order chi connectivity index (χ1) is 9.15. The van der Waals surface area contributed by atoms with E-state index in [1.165, 1.54) is 0 Å². The van der Waals surface area contributed by atoms with Gasteiger partial charge in [-0.15, -0.1) is 5.10 Å². The summed E-state index contributed by atoms with van der Waals surface area (Å²) in [5, 5.41) is 7.17. The minimum atomic E-state index is -0.628. The van der Waals surface area contributed by atoms with Crippen LogP contribution in [0.2, 0.25) is 0 Å². The number of carbonyl (C=O) groups excluding carboxylic acids is 1. The Labute approximate surface area is 113 Å². The number of carbonyl (C=O) groups is 1. The van der Waals surface area contributed by atoms with Gasteiger partial charge >= 0.3 is 0 Å². The van der Waals surface area contributed by atoms with Gasteiger partial charge < -0.3 is 20.5 Å². The third kappa shape index (κ3) is 2.74. The lowest BCUT2D eigenvalue weighted by Crippen LogP contribution is -2.13. The lowest BCUT2D eigenvalue weighted by molar-refractivity contribution is 0.0996. The first-order valence-corrected chi connectivity index (χ1v) is 6.04. The first-order valence-electron chi connectivity index (χ1n) is 5.27. The van der Waals surface area contributed by atoms with E-state index < -0.39 is 5.91 Å². The number of benzene rings is 1. The smallest absolute Gasteiger partial charge is 0.272 e. The topological polar surface area (TPSA) is 99.4 Å². The molecular weight excluding hydrogens is 268 g/mol. The highest BCUT2D eigenvalue weighted by atomic mass is 32.1. The molecule has 7 nitrogen and oxygen atoms in total. The highest BCUT2D eigenvalue weighted by Gasteiger charge is 2.14. The van der Waals surface area contributed by atoms with Gasteiger partial charge in [0.25, 0.3) is 5.91 Å². The van der Waals surface area contributed by atoms with Crippen molar-refractivity contribution in [1.82, 2.24) is 9.59 Å². The van der Waals surface area contributed by atoms with E-state index in [1.807, 2.05) is 0 Å². The molecule has 0 spiro atoms. The molecule has 8 heteroatoms. The summed E-state index contributed by atoms with van der Waals surface area (Å²) in [6.07, 6.45) is 0. The summed E-state index contributed by atoms with van der Waals surface area (Å²) >= 11 is 1.05. The van der Waals surface area contributed by atoms with Gasteiger partial charge in [0.1, 0.15) is 5.00 Å². The maximum atomic E-state index is 11.1. The van der Waals surface area contributed by atoms with Gasteiger partial charge in [-0.1, -0.05) is 4.49 Å². The molecule has 0 aliphatic carbocycles. The van der Waals surface area contributed by atoms with Crippen LogP contribution in [0.4, 0.5) is 10.7 Å². The minimum Gasteiger partial charge on any atom is -0.493 e. The monoisotopic (exact) mass is 280 g/mol. The largest absolute Gasteiger partial charge is 0.493 e. The van der Waals surface area contributed by atoms with Crippen molar-refractivity contribution in [2.75, 3.05) is 19.5 Å². The van der Waals surface area contributed by atoms with Gasteiger partial charge in [0.15, 0.2) is 17.2 Å². The van der Waals surface area contributed by atoms with E-state index >= 15 is 0 Å². The van der Waals surface area contributed by atoms with Crippen LogP contribution in [0, 0.1) is 0 Å². The van der Waals surface area contributed by atoms with Gasteiger partial charge in [-0.2, -0.15) is 0 Å². The summed E-state index contributed by atoms with van der Waals surface area (Å²) in [5.41, 5.74) is 6.02. The minimum absolute atomic E-state index is 0.111. The lowest BCUT2D eigenvalue weighted by Gasteiger charge is -2.10. The van der Waals surface area contributed by atoms with Crippen LogP contribution in [0.3, 0.4) is 0 Å². The van der Waals surface area contributed by atoms with Gasteiger partial charge in [-0.3, -0.25) is 4.79 Å². The molecule has 100 valence electrons. The van der Waals surface area contributed by atoms with Crippen LogP contribution in [0.15, 0.2) is 18.2 Å². The van der Waals surface area contributed by atoms with Crippen LogP contribution >= 0.6 is 11.5 Å². The second-order valence-electron chi connectivity index (χ2n) is 3.51. The number of hydrogen-bond acceptors (Lipinski definition) is 7. The Morgan fingerprint density at radius 3 is 2.68 bits per heavy atom. The van der Waals surface area contributed by atoms with E-state index in [0.717, 1.165) is 11.5 Å². The Kier molecular flexibility index (Phi) is 3.81. The molecule has 0 aliphatic heterocycles. The number of hydrogen-bond donors (Lipinski definition) is 2. The SMILES string of the molecule is COc1ccc(Nc2snnc2C(N)=O)cc1OC. The molecule has 0 aliphatic rings. The highest BCUT2D eigenvalue weighted by Crippen LogP contribution is 2.32. The average molecular weight is 280 g/mol. The van der Waals surface area contributed by atoms with Gasteiger partial charge in [0.2, 0.25) is 0 Å². The van der Waals surface area contributed by atoms with Crippen molar-refractivity contribution in [3.8, 4) is 11.5 Å². The zero-order valence-electron chi connectivity index (χ0n) is 10.3. The number of anilines is 2. The number of amides is 1. The van der Waals surface area contributed by atoms with Crippen molar-refractivity contribution in [2.24, 2.45) is 5.73 Å². The van der Waals surface area contributed by atoms with Crippen molar-refractivity contribution in [3.05, 3.63) is 23.9 Å². The standard InChI is InChI=1S/C11H12N4O3S/c1-17-7-4-3-6(5-8(7)18-2)13-11-9(10(12)16)14-15-19-11/h3-5,13H,1-2H3,(H2,12,16). The first kappa shape index (κ1) is 13.1. The fourth-order valence-corrected chi connectivity index (χ4v) is 2.07. The molecule has 2 aromatic rings. The summed E-state index contributed by atoms with van der Waals surface area (Å²) in [6, 6.07) is 5.27. The Bertz CT molecular complexity index is 599. The Morgan fingerprint density at radius 2 is 2.05 bits per heavy atom. The highest BCUT2D eigenvalue weighted by molar-refractivity contribution is 7.10. The third-order valence-electron chi connectivity index (χ3n) is 2.36. The molecule has 1 aromatic carbocycles. The van der Waals surface area contributed by atoms with E-state index in [1.54, 1.807) is 32.4 Å². The van der Waals surface area contributed by atoms with Gasteiger partial charge in [-0.25, -0.2) is 0 Å². The van der Waals surface area contributed by atoms with Crippen molar-refractivity contribution >= 4 is 28.1 Å². The Hall–Kier alpha value is -2.35. The van der Waals surface area contributed by atoms with Crippen LogP contribution < -0.4 is 20.5 Å². The molecule has 0 radical (unpaired) electrons. The zero-order chi connectivity index (χ0) is 13.8. The molecule has 1 amide bonds. The van der Waals surface area contributed by atoms with E-state index in [-0.39, 0.29) is 5.69 Å². The van der Waals surface area contributed by atoms with E-state index in [4.69, 9.17) is 15.2 Å². The van der Waals surface area contributed by atoms with E-state index in [2.05, 4.69) is 14.9 Å². The lowest BCUT2D eigenvalue weighted by atomic mass is 10.2. The van der Waals surface area contributed by atoms with Crippen LogP contribution in [-0.4, -0.2) is 29.7 Å². The van der Waals surface area contributed by atoms with Crippen molar-refractivity contribution < 1.29 is 14.3 Å². The van der Waals surface area contributed by atoms with Crippen molar-refractivity contribution in [3.63, 3.8) is 0 Å². The van der Waals surface area contributed by atoms with Gasteiger partial charge in [0, 0.05) is 23.3 Å². The van der Waals surface area contributed by atoms with Gasteiger partial charge in [0.05, 0.1) is 14.2 Å². The normalized spacial score (nSPS) is 10.0. The molecule has 19 heavy (non-hydrogen) atoms. The predicted molar refractivity (Wildman–Crippen MR) is 71.3 cm³/mol.